The van der Waals surface area contributed by atoms with E-state index in [0.29, 0.717) is 0 Å². The predicted molar refractivity (Wildman–Crippen MR) is 39.1 cm³/mol. The Kier molecular flexibility index (Phi) is 3.38. The summed E-state index contributed by atoms with van der Waals surface area (Å²) in [5.41, 5.74) is 0. The van der Waals surface area contributed by atoms with Crippen LogP contribution in [0.25, 0.3) is 0 Å². The molecule has 0 aliphatic heterocycles. The Hall–Kier alpha value is 0.450. The van der Waals surface area contributed by atoms with E-state index in [4.69, 9.17) is 0 Å². The minimum Gasteiger partial charge on any atom is -0.200 e. The molecule has 0 rings (SSSR count). The highest BCUT2D eigenvalue weighted by Gasteiger charge is 2.50. The third-order valence-corrected chi connectivity index (χ3v) is 1.59. The molecular formula is C5H7F4I. The van der Waals surface area contributed by atoms with Gasteiger partial charge in [0.05, 0.1) is 0 Å². The van der Waals surface area contributed by atoms with Crippen LogP contribution in [-0.2, 0) is 0 Å². The summed E-state index contributed by atoms with van der Waals surface area (Å²) in [5.74, 6) is -7.74. The Bertz CT molecular complexity index is 107. The van der Waals surface area contributed by atoms with Crippen molar-refractivity contribution in [2.24, 2.45) is 0 Å². The smallest absolute Gasteiger partial charge is 0.200 e. The maximum Gasteiger partial charge on any atom is 0.310 e. The second-order valence-corrected chi connectivity index (χ2v) is 3.11. The van der Waals surface area contributed by atoms with Crippen molar-refractivity contribution in [3.63, 3.8) is 0 Å². The summed E-state index contributed by atoms with van der Waals surface area (Å²) in [5, 5.41) is 0. The molecular weight excluding hydrogens is 263 g/mol. The van der Waals surface area contributed by atoms with Crippen LogP contribution in [0.3, 0.4) is 0 Å². The molecule has 0 aliphatic carbocycles. The van der Waals surface area contributed by atoms with E-state index in [0.717, 1.165) is 0 Å². The molecule has 0 fully saturated rings. The lowest BCUT2D eigenvalue weighted by atomic mass is 10.1. The van der Waals surface area contributed by atoms with E-state index < -0.39 is 18.3 Å². The van der Waals surface area contributed by atoms with E-state index in [1.165, 1.54) is 0 Å². The Morgan fingerprint density at radius 1 is 1.20 bits per heavy atom. The first kappa shape index (κ1) is 10.4. The van der Waals surface area contributed by atoms with E-state index in [1.54, 1.807) is 22.6 Å². The molecule has 10 heavy (non-hydrogen) atoms. The van der Waals surface area contributed by atoms with Crippen molar-refractivity contribution in [3.05, 3.63) is 0 Å². The number of hydrogen-bond donors (Lipinski definition) is 0. The maximum atomic E-state index is 12.2. The van der Waals surface area contributed by atoms with Gasteiger partial charge in [-0.1, -0.05) is 22.6 Å². The standard InChI is InChI=1S/C5H7F4I/c1-4(6,7)5(8,9)2-3-10/h2-3H2,1H3. The molecule has 62 valence electrons. The molecule has 0 saturated carbocycles. The Morgan fingerprint density at radius 3 is 1.70 bits per heavy atom. The zero-order valence-corrected chi connectivity index (χ0v) is 7.46. The van der Waals surface area contributed by atoms with Crippen LogP contribution < -0.4 is 0 Å². The molecule has 0 amide bonds. The van der Waals surface area contributed by atoms with Gasteiger partial charge in [-0.05, 0) is 0 Å². The fourth-order valence-electron chi connectivity index (χ4n) is 0.338. The quantitative estimate of drug-likeness (QED) is 0.420. The Morgan fingerprint density at radius 2 is 1.60 bits per heavy atom. The second-order valence-electron chi connectivity index (χ2n) is 2.03. The molecule has 0 aromatic heterocycles. The van der Waals surface area contributed by atoms with Gasteiger partial charge in [0.25, 0.3) is 0 Å². The molecule has 0 N–H and O–H groups in total. The lowest BCUT2D eigenvalue weighted by Gasteiger charge is -2.21. The number of alkyl halides is 5. The highest BCUT2D eigenvalue weighted by molar-refractivity contribution is 14.1. The van der Waals surface area contributed by atoms with Gasteiger partial charge < -0.3 is 0 Å². The molecule has 0 radical (unpaired) electrons. The van der Waals surface area contributed by atoms with E-state index in [1.807, 2.05) is 0 Å². The monoisotopic (exact) mass is 270 g/mol. The molecule has 0 bridgehead atoms. The van der Waals surface area contributed by atoms with Gasteiger partial charge in [-0.2, -0.15) is 8.78 Å². The van der Waals surface area contributed by atoms with Crippen LogP contribution in [0, 0.1) is 0 Å². The van der Waals surface area contributed by atoms with Crippen LogP contribution in [0.2, 0.25) is 0 Å². The lowest BCUT2D eigenvalue weighted by Crippen LogP contribution is -2.37. The molecule has 0 spiro atoms. The fraction of sp³-hybridized carbons (Fsp3) is 1.00. The van der Waals surface area contributed by atoms with Gasteiger partial charge in [0, 0.05) is 17.8 Å². The van der Waals surface area contributed by atoms with Gasteiger partial charge in [-0.25, -0.2) is 8.78 Å². The van der Waals surface area contributed by atoms with Crippen molar-refractivity contribution in [2.45, 2.75) is 25.2 Å². The average molecular weight is 270 g/mol. The van der Waals surface area contributed by atoms with Crippen LogP contribution in [0.5, 0.6) is 0 Å². The lowest BCUT2D eigenvalue weighted by molar-refractivity contribution is -0.197. The first-order valence-electron chi connectivity index (χ1n) is 2.63. The summed E-state index contributed by atoms with van der Waals surface area (Å²) in [7, 11) is 0. The van der Waals surface area contributed by atoms with Crippen LogP contribution >= 0.6 is 22.6 Å². The molecule has 0 unspecified atom stereocenters. The Labute approximate surface area is 70.1 Å². The van der Waals surface area contributed by atoms with Gasteiger partial charge in [-0.15, -0.1) is 0 Å². The van der Waals surface area contributed by atoms with Crippen LogP contribution in [-0.4, -0.2) is 16.3 Å². The molecule has 0 atom stereocenters. The topological polar surface area (TPSA) is 0 Å². The third kappa shape index (κ3) is 2.59. The number of halogens is 5. The molecule has 0 aromatic rings. The molecule has 5 heteroatoms. The Balaban J connectivity index is 4.10. The summed E-state index contributed by atoms with van der Waals surface area (Å²) in [6.07, 6.45) is -0.767. The van der Waals surface area contributed by atoms with Crippen molar-refractivity contribution in [1.29, 1.82) is 0 Å². The first-order valence-corrected chi connectivity index (χ1v) is 4.15. The molecule has 0 aromatic carbocycles. The minimum atomic E-state index is -3.89. The van der Waals surface area contributed by atoms with E-state index in [2.05, 4.69) is 0 Å². The van der Waals surface area contributed by atoms with Gasteiger partial charge in [-0.3, -0.25) is 0 Å². The molecule has 0 aliphatic rings. The molecule has 0 nitrogen and oxygen atoms in total. The number of rotatable bonds is 3. The van der Waals surface area contributed by atoms with E-state index >= 15 is 0 Å². The summed E-state index contributed by atoms with van der Waals surface area (Å²) in [6.45, 7) is 0.235. The summed E-state index contributed by atoms with van der Waals surface area (Å²) >= 11 is 1.64. The summed E-state index contributed by atoms with van der Waals surface area (Å²) in [6, 6.07) is 0. The van der Waals surface area contributed by atoms with Crippen molar-refractivity contribution in [1.82, 2.24) is 0 Å². The van der Waals surface area contributed by atoms with E-state index in [-0.39, 0.29) is 11.4 Å². The van der Waals surface area contributed by atoms with Crippen LogP contribution in [0.15, 0.2) is 0 Å². The van der Waals surface area contributed by atoms with Crippen molar-refractivity contribution in [2.75, 3.05) is 4.43 Å². The summed E-state index contributed by atoms with van der Waals surface area (Å²) in [4.78, 5) is 0. The highest BCUT2D eigenvalue weighted by atomic mass is 127. The van der Waals surface area contributed by atoms with E-state index in [9.17, 15) is 17.6 Å². The van der Waals surface area contributed by atoms with Gasteiger partial charge >= 0.3 is 11.8 Å². The molecule has 0 saturated heterocycles. The number of hydrogen-bond acceptors (Lipinski definition) is 0. The van der Waals surface area contributed by atoms with Crippen molar-refractivity contribution in [3.8, 4) is 0 Å². The van der Waals surface area contributed by atoms with Crippen molar-refractivity contribution >= 4 is 22.6 Å². The SMILES string of the molecule is CC(F)(F)C(F)(F)CCI. The minimum absolute atomic E-state index is 0.0359. The van der Waals surface area contributed by atoms with Gasteiger partial charge in [0.2, 0.25) is 0 Å². The molecule has 0 heterocycles. The summed E-state index contributed by atoms with van der Waals surface area (Å²) < 4.78 is 48.3. The van der Waals surface area contributed by atoms with Crippen LogP contribution in [0.4, 0.5) is 17.6 Å². The second kappa shape index (κ2) is 3.23. The predicted octanol–water partition coefficient (Wildman–Crippen LogP) is 3.10. The van der Waals surface area contributed by atoms with Gasteiger partial charge in [0.15, 0.2) is 0 Å². The van der Waals surface area contributed by atoms with Crippen molar-refractivity contribution < 1.29 is 17.6 Å². The highest BCUT2D eigenvalue weighted by Crippen LogP contribution is 2.36. The average Bonchev–Trinajstić information content (AvgIpc) is 1.61. The maximum absolute atomic E-state index is 12.2. The van der Waals surface area contributed by atoms with Crippen LogP contribution in [0.1, 0.15) is 13.3 Å². The fourth-order valence-corrected chi connectivity index (χ4v) is 1.02. The zero-order valence-electron chi connectivity index (χ0n) is 5.30. The largest absolute Gasteiger partial charge is 0.310 e. The van der Waals surface area contributed by atoms with Gasteiger partial charge in [0.1, 0.15) is 0 Å². The normalized spacial score (nSPS) is 13.8. The third-order valence-electron chi connectivity index (χ3n) is 1.05. The zero-order chi connectivity index (χ0) is 8.41. The first-order chi connectivity index (χ1) is 4.31.